The Balaban J connectivity index is 1.85. The fourth-order valence-electron chi connectivity index (χ4n) is 3.68. The fourth-order valence-corrected chi connectivity index (χ4v) is 3.68. The highest BCUT2D eigenvalue weighted by Crippen LogP contribution is 2.37. The van der Waals surface area contributed by atoms with Gasteiger partial charge in [0.2, 0.25) is 0 Å². The number of hydrogen-bond donors (Lipinski definition) is 1. The van der Waals surface area contributed by atoms with Crippen molar-refractivity contribution in [2.24, 2.45) is 0 Å². The Morgan fingerprint density at radius 1 is 1.43 bits per heavy atom. The molecule has 1 fully saturated rings. The van der Waals surface area contributed by atoms with Gasteiger partial charge in [-0.25, -0.2) is 0 Å². The lowest BCUT2D eigenvalue weighted by Crippen LogP contribution is -2.46. The molecule has 0 bridgehead atoms. The Kier molecular flexibility index (Phi) is 4.48. The Morgan fingerprint density at radius 2 is 2.29 bits per heavy atom. The summed E-state index contributed by atoms with van der Waals surface area (Å²) in [7, 11) is 3.98. The Morgan fingerprint density at radius 3 is 2.95 bits per heavy atom. The number of benzene rings is 1. The molecular weight excluding hydrogens is 264 g/mol. The highest BCUT2D eigenvalue weighted by atomic mass is 16.5. The van der Waals surface area contributed by atoms with E-state index in [2.05, 4.69) is 42.4 Å². The Bertz CT molecular complexity index is 486. The molecule has 1 aliphatic heterocycles. The second-order valence-corrected chi connectivity index (χ2v) is 6.05. The summed E-state index contributed by atoms with van der Waals surface area (Å²) in [6.07, 6.45) is 2.25. The Hall–Kier alpha value is -1.10. The first-order valence-electron chi connectivity index (χ1n) is 7.94. The predicted octanol–water partition coefficient (Wildman–Crippen LogP) is 1.99. The SMILES string of the molecule is CCNC1c2cc(OC)ccc2CC1N(C)C1CCOC1. The molecule has 1 aliphatic carbocycles. The molecule has 0 spiro atoms. The number of fused-ring (bicyclic) bond motifs is 1. The predicted molar refractivity (Wildman–Crippen MR) is 83.9 cm³/mol. The number of nitrogens with zero attached hydrogens (tertiary/aromatic N) is 1. The normalized spacial score (nSPS) is 28.1. The number of ether oxygens (including phenoxy) is 2. The van der Waals surface area contributed by atoms with E-state index in [0.29, 0.717) is 18.1 Å². The molecule has 1 heterocycles. The summed E-state index contributed by atoms with van der Waals surface area (Å²) in [5, 5.41) is 3.67. The molecule has 4 heteroatoms. The quantitative estimate of drug-likeness (QED) is 0.899. The molecule has 2 aliphatic rings. The highest BCUT2D eigenvalue weighted by molar-refractivity contribution is 5.43. The largest absolute Gasteiger partial charge is 0.497 e. The molecular formula is C17H26N2O2. The van der Waals surface area contributed by atoms with Gasteiger partial charge >= 0.3 is 0 Å². The van der Waals surface area contributed by atoms with Crippen LogP contribution in [0.15, 0.2) is 18.2 Å². The van der Waals surface area contributed by atoms with Crippen LogP contribution in [-0.4, -0.2) is 50.9 Å². The molecule has 0 amide bonds. The van der Waals surface area contributed by atoms with Crippen molar-refractivity contribution >= 4 is 0 Å². The van der Waals surface area contributed by atoms with Gasteiger partial charge in [-0.1, -0.05) is 13.0 Å². The third-order valence-corrected chi connectivity index (χ3v) is 4.93. The van der Waals surface area contributed by atoms with Crippen LogP contribution in [0.25, 0.3) is 0 Å². The van der Waals surface area contributed by atoms with Crippen LogP contribution in [0, 0.1) is 0 Å². The zero-order valence-electron chi connectivity index (χ0n) is 13.3. The molecule has 1 saturated heterocycles. The van der Waals surface area contributed by atoms with E-state index in [1.807, 2.05) is 0 Å². The van der Waals surface area contributed by atoms with Crippen molar-refractivity contribution in [3.05, 3.63) is 29.3 Å². The number of nitrogens with one attached hydrogen (secondary N) is 1. The van der Waals surface area contributed by atoms with Crippen molar-refractivity contribution in [3.8, 4) is 5.75 Å². The average molecular weight is 290 g/mol. The first-order valence-corrected chi connectivity index (χ1v) is 7.94. The highest BCUT2D eigenvalue weighted by Gasteiger charge is 2.37. The minimum absolute atomic E-state index is 0.380. The van der Waals surface area contributed by atoms with Gasteiger partial charge in [0, 0.05) is 24.7 Å². The molecule has 0 aromatic heterocycles. The number of hydrogen-bond acceptors (Lipinski definition) is 4. The van der Waals surface area contributed by atoms with Gasteiger partial charge in [0.1, 0.15) is 5.75 Å². The van der Waals surface area contributed by atoms with Gasteiger partial charge in [0.15, 0.2) is 0 Å². The van der Waals surface area contributed by atoms with E-state index >= 15 is 0 Å². The lowest BCUT2D eigenvalue weighted by molar-refractivity contribution is 0.119. The first-order chi connectivity index (χ1) is 10.2. The van der Waals surface area contributed by atoms with Gasteiger partial charge in [-0.3, -0.25) is 4.90 Å². The molecule has 1 aromatic carbocycles. The number of rotatable bonds is 5. The van der Waals surface area contributed by atoms with E-state index in [1.165, 1.54) is 11.1 Å². The van der Waals surface area contributed by atoms with Crippen LogP contribution in [0.3, 0.4) is 0 Å². The molecule has 116 valence electrons. The molecule has 4 nitrogen and oxygen atoms in total. The van der Waals surface area contributed by atoms with Crippen LogP contribution >= 0.6 is 0 Å². The van der Waals surface area contributed by atoms with Gasteiger partial charge in [0.25, 0.3) is 0 Å². The summed E-state index contributed by atoms with van der Waals surface area (Å²) in [5.74, 6) is 0.948. The molecule has 3 rings (SSSR count). The van der Waals surface area contributed by atoms with Crippen molar-refractivity contribution < 1.29 is 9.47 Å². The topological polar surface area (TPSA) is 33.7 Å². The van der Waals surface area contributed by atoms with Gasteiger partial charge in [-0.15, -0.1) is 0 Å². The number of likely N-dealkylation sites (N-methyl/N-ethyl adjacent to an activating group) is 2. The molecule has 0 radical (unpaired) electrons. The molecule has 1 N–H and O–H groups in total. The van der Waals surface area contributed by atoms with Crippen LogP contribution in [0.5, 0.6) is 5.75 Å². The van der Waals surface area contributed by atoms with E-state index in [0.717, 1.165) is 38.3 Å². The minimum atomic E-state index is 0.380. The van der Waals surface area contributed by atoms with Crippen LogP contribution in [0.1, 0.15) is 30.5 Å². The summed E-state index contributed by atoms with van der Waals surface area (Å²) >= 11 is 0. The molecule has 0 saturated carbocycles. The second-order valence-electron chi connectivity index (χ2n) is 6.05. The molecule has 1 aromatic rings. The van der Waals surface area contributed by atoms with Crippen molar-refractivity contribution in [1.82, 2.24) is 10.2 Å². The van der Waals surface area contributed by atoms with E-state index in [1.54, 1.807) is 7.11 Å². The third-order valence-electron chi connectivity index (χ3n) is 4.93. The summed E-state index contributed by atoms with van der Waals surface area (Å²) in [5.41, 5.74) is 2.84. The smallest absolute Gasteiger partial charge is 0.119 e. The summed E-state index contributed by atoms with van der Waals surface area (Å²) in [6.45, 7) is 4.92. The Labute approximate surface area is 127 Å². The molecule has 3 atom stereocenters. The zero-order valence-corrected chi connectivity index (χ0v) is 13.3. The molecule has 21 heavy (non-hydrogen) atoms. The van der Waals surface area contributed by atoms with E-state index in [-0.39, 0.29) is 0 Å². The summed E-state index contributed by atoms with van der Waals surface area (Å²) in [4.78, 5) is 2.52. The van der Waals surface area contributed by atoms with E-state index in [4.69, 9.17) is 9.47 Å². The van der Waals surface area contributed by atoms with Gasteiger partial charge in [-0.05, 0) is 49.7 Å². The zero-order chi connectivity index (χ0) is 14.8. The third kappa shape index (κ3) is 2.80. The van der Waals surface area contributed by atoms with Crippen LogP contribution in [-0.2, 0) is 11.2 Å². The molecule has 3 unspecified atom stereocenters. The van der Waals surface area contributed by atoms with Crippen molar-refractivity contribution in [2.75, 3.05) is 33.9 Å². The second kappa shape index (κ2) is 6.34. The van der Waals surface area contributed by atoms with Gasteiger partial charge < -0.3 is 14.8 Å². The van der Waals surface area contributed by atoms with Gasteiger partial charge in [0.05, 0.1) is 13.7 Å². The maximum atomic E-state index is 5.56. The van der Waals surface area contributed by atoms with Gasteiger partial charge in [-0.2, -0.15) is 0 Å². The summed E-state index contributed by atoms with van der Waals surface area (Å²) < 4.78 is 11.0. The maximum Gasteiger partial charge on any atom is 0.119 e. The lowest BCUT2D eigenvalue weighted by atomic mass is 10.0. The monoisotopic (exact) mass is 290 g/mol. The van der Waals surface area contributed by atoms with Crippen molar-refractivity contribution in [2.45, 2.75) is 37.9 Å². The van der Waals surface area contributed by atoms with Crippen LogP contribution < -0.4 is 10.1 Å². The van der Waals surface area contributed by atoms with Crippen molar-refractivity contribution in [3.63, 3.8) is 0 Å². The van der Waals surface area contributed by atoms with Crippen molar-refractivity contribution in [1.29, 1.82) is 0 Å². The lowest BCUT2D eigenvalue weighted by Gasteiger charge is -2.34. The fraction of sp³-hybridized carbons (Fsp3) is 0.647. The minimum Gasteiger partial charge on any atom is -0.497 e. The summed E-state index contributed by atoms with van der Waals surface area (Å²) in [6, 6.07) is 7.92. The first kappa shape index (κ1) is 14.8. The standard InChI is InChI=1S/C17H26N2O2/c1-4-18-17-15-10-14(20-3)6-5-12(15)9-16(17)19(2)13-7-8-21-11-13/h5-6,10,13,16-18H,4,7-9,11H2,1-3H3. The van der Waals surface area contributed by atoms with E-state index in [9.17, 15) is 0 Å². The average Bonchev–Trinajstić information content (AvgIpc) is 3.15. The number of methoxy groups -OCH3 is 1. The van der Waals surface area contributed by atoms with E-state index < -0.39 is 0 Å². The van der Waals surface area contributed by atoms with Crippen LogP contribution in [0.4, 0.5) is 0 Å². The maximum absolute atomic E-state index is 5.56. The van der Waals surface area contributed by atoms with Crippen LogP contribution in [0.2, 0.25) is 0 Å².